The molecule has 2 amide bonds. The van der Waals surface area contributed by atoms with Gasteiger partial charge in [0, 0.05) is 58.1 Å². The molecule has 0 atom stereocenters. The number of allylic oxidation sites excluding steroid dienone is 1. The Labute approximate surface area is 255 Å². The molecule has 4 heterocycles. The summed E-state index contributed by atoms with van der Waals surface area (Å²) < 4.78 is 7.40. The first-order valence-electron chi connectivity index (χ1n) is 15.3. The van der Waals surface area contributed by atoms with Crippen LogP contribution in [0.1, 0.15) is 47.1 Å². The lowest BCUT2D eigenvalue weighted by atomic mass is 10.2. The van der Waals surface area contributed by atoms with Crippen LogP contribution >= 0.6 is 0 Å². The van der Waals surface area contributed by atoms with Crippen LogP contribution in [0.15, 0.2) is 48.2 Å². The first-order valence-corrected chi connectivity index (χ1v) is 15.3. The van der Waals surface area contributed by atoms with Crippen LogP contribution in [0.25, 0.3) is 16.9 Å². The van der Waals surface area contributed by atoms with Gasteiger partial charge in [-0.05, 0) is 37.6 Å². The Morgan fingerprint density at radius 2 is 1.67 bits per heavy atom. The van der Waals surface area contributed by atoms with Gasteiger partial charge in [0.2, 0.25) is 11.8 Å². The summed E-state index contributed by atoms with van der Waals surface area (Å²) in [7, 11) is 0. The van der Waals surface area contributed by atoms with Crippen molar-refractivity contribution in [2.24, 2.45) is 0 Å². The van der Waals surface area contributed by atoms with Gasteiger partial charge in [-0.3, -0.25) is 14.5 Å². The number of hydrogen-bond acceptors (Lipinski definition) is 8. The maximum atomic E-state index is 12.6. The molecule has 43 heavy (non-hydrogen) atoms. The van der Waals surface area contributed by atoms with Crippen molar-refractivity contribution in [3.05, 3.63) is 53.7 Å². The zero-order chi connectivity index (χ0) is 31.4. The molecular formula is C32H47N7O4. The maximum absolute atomic E-state index is 12.6. The summed E-state index contributed by atoms with van der Waals surface area (Å²) in [4.78, 5) is 35.6. The summed E-state index contributed by atoms with van der Waals surface area (Å²) in [6, 6.07) is 9.22. The molecule has 234 valence electrons. The van der Waals surface area contributed by atoms with Crippen molar-refractivity contribution in [3.63, 3.8) is 0 Å². The van der Waals surface area contributed by atoms with Crippen LogP contribution in [0.3, 0.4) is 0 Å². The molecule has 3 aromatic rings. The van der Waals surface area contributed by atoms with E-state index < -0.39 is 0 Å². The average Bonchev–Trinajstić information content (AvgIpc) is 3.44. The quantitative estimate of drug-likeness (QED) is 0.399. The molecule has 2 aromatic heterocycles. The van der Waals surface area contributed by atoms with E-state index in [0.717, 1.165) is 55.2 Å². The minimum absolute atomic E-state index is 0.00970. The van der Waals surface area contributed by atoms with Crippen molar-refractivity contribution in [2.75, 3.05) is 63.9 Å². The molecule has 2 fully saturated rings. The molecule has 0 spiro atoms. The largest absolute Gasteiger partial charge is 0.507 e. The number of aromatic hydroxyl groups is 1. The van der Waals surface area contributed by atoms with Crippen LogP contribution in [0, 0.1) is 0 Å². The summed E-state index contributed by atoms with van der Waals surface area (Å²) in [6.07, 6.45) is 3.51. The third-order valence-electron chi connectivity index (χ3n) is 6.92. The van der Waals surface area contributed by atoms with E-state index in [9.17, 15) is 14.7 Å². The van der Waals surface area contributed by atoms with Gasteiger partial charge in [0.05, 0.1) is 25.3 Å². The first-order chi connectivity index (χ1) is 20.9. The summed E-state index contributed by atoms with van der Waals surface area (Å²) >= 11 is 0. The molecule has 11 nitrogen and oxygen atoms in total. The van der Waals surface area contributed by atoms with E-state index in [-0.39, 0.29) is 24.1 Å². The molecule has 0 saturated carbocycles. The number of ether oxygens (including phenoxy) is 1. The Bertz CT molecular complexity index is 1370. The number of anilines is 1. The number of benzene rings is 1. The lowest BCUT2D eigenvalue weighted by molar-refractivity contribution is -0.133. The fourth-order valence-electron chi connectivity index (χ4n) is 4.91. The van der Waals surface area contributed by atoms with E-state index >= 15 is 0 Å². The second kappa shape index (κ2) is 16.6. The number of aromatic nitrogens is 3. The van der Waals surface area contributed by atoms with Crippen LogP contribution in [-0.2, 0) is 20.9 Å². The monoisotopic (exact) mass is 593 g/mol. The van der Waals surface area contributed by atoms with Crippen molar-refractivity contribution < 1.29 is 19.4 Å². The summed E-state index contributed by atoms with van der Waals surface area (Å²) in [5, 5.41) is 17.8. The molecule has 2 aliphatic heterocycles. The number of morpholine rings is 1. The number of rotatable bonds is 7. The lowest BCUT2D eigenvalue weighted by Gasteiger charge is -2.34. The zero-order valence-electron chi connectivity index (χ0n) is 26.5. The molecule has 1 aromatic carbocycles. The number of phenolic OH excluding ortho intramolecular Hbond substituents is 1. The van der Waals surface area contributed by atoms with Crippen LogP contribution in [0.2, 0.25) is 0 Å². The van der Waals surface area contributed by atoms with Gasteiger partial charge in [-0.15, -0.1) is 5.10 Å². The Morgan fingerprint density at radius 1 is 1.00 bits per heavy atom. The van der Waals surface area contributed by atoms with Gasteiger partial charge in [-0.25, -0.2) is 9.50 Å². The van der Waals surface area contributed by atoms with Gasteiger partial charge in [0.1, 0.15) is 11.3 Å². The number of nitrogens with zero attached hydrogens (tertiary/aromatic N) is 6. The Balaban J connectivity index is 0.00000121. The number of phenols is 1. The molecule has 0 aliphatic carbocycles. The average molecular weight is 594 g/mol. The summed E-state index contributed by atoms with van der Waals surface area (Å²) in [6.45, 7) is 17.9. The highest BCUT2D eigenvalue weighted by molar-refractivity contribution is 5.91. The second-order valence-corrected chi connectivity index (χ2v) is 10.2. The molecular weight excluding hydrogens is 546 g/mol. The number of para-hydroxylation sites is 1. The minimum atomic E-state index is -0.243. The first kappa shape index (κ1) is 33.5. The molecule has 0 unspecified atom stereocenters. The van der Waals surface area contributed by atoms with Crippen molar-refractivity contribution in [1.29, 1.82) is 0 Å². The highest BCUT2D eigenvalue weighted by Crippen LogP contribution is 2.30. The number of amides is 2. The standard InChI is InChI=1S/C28H35N7O4.2C2H6/c1-20(2)15-25(37)29-17-26(38)33-9-7-32(8-10-33)18-21-16-23-28(34-11-13-39-14-12-34)30-27(31-35(23)19-21)22-5-3-4-6-24(22)36;2*1-2/h3-6,15-16,19,36H,7-14,17-18H2,1-2H3,(H,29,37);2*1-2H3. The predicted molar refractivity (Wildman–Crippen MR) is 170 cm³/mol. The van der Waals surface area contributed by atoms with Crippen LogP contribution in [-0.4, -0.2) is 100 Å². The second-order valence-electron chi connectivity index (χ2n) is 10.2. The van der Waals surface area contributed by atoms with Crippen molar-refractivity contribution >= 4 is 23.1 Å². The van der Waals surface area contributed by atoms with E-state index in [1.54, 1.807) is 17.0 Å². The third-order valence-corrected chi connectivity index (χ3v) is 6.92. The number of hydrogen-bond donors (Lipinski definition) is 2. The molecule has 11 heteroatoms. The lowest BCUT2D eigenvalue weighted by Crippen LogP contribution is -2.50. The highest BCUT2D eigenvalue weighted by atomic mass is 16.5. The molecule has 0 radical (unpaired) electrons. The molecule has 2 N–H and O–H groups in total. The number of carbonyl (C=O) groups excluding carboxylic acids is 2. The molecule has 5 rings (SSSR count). The highest BCUT2D eigenvalue weighted by Gasteiger charge is 2.23. The number of nitrogens with one attached hydrogen (secondary N) is 1. The minimum Gasteiger partial charge on any atom is -0.507 e. The van der Waals surface area contributed by atoms with E-state index in [1.165, 1.54) is 6.08 Å². The number of piperazine rings is 1. The Morgan fingerprint density at radius 3 is 2.33 bits per heavy atom. The SMILES string of the molecule is CC.CC.CC(C)=CC(=O)NCC(=O)N1CCN(Cc2cc3c(N4CCOCC4)nc(-c4ccccc4O)nn3c2)CC1. The molecule has 2 aliphatic rings. The van der Waals surface area contributed by atoms with E-state index in [4.69, 9.17) is 14.8 Å². The van der Waals surface area contributed by atoms with Crippen molar-refractivity contribution in [1.82, 2.24) is 29.7 Å². The van der Waals surface area contributed by atoms with E-state index in [0.29, 0.717) is 37.7 Å². The van der Waals surface area contributed by atoms with Crippen LogP contribution in [0.5, 0.6) is 5.75 Å². The van der Waals surface area contributed by atoms with E-state index in [1.807, 2.05) is 64.4 Å². The summed E-state index contributed by atoms with van der Waals surface area (Å²) in [5.74, 6) is 1.12. The molecule has 2 saturated heterocycles. The smallest absolute Gasteiger partial charge is 0.244 e. The van der Waals surface area contributed by atoms with Gasteiger partial charge in [0.25, 0.3) is 0 Å². The third kappa shape index (κ3) is 9.01. The van der Waals surface area contributed by atoms with E-state index in [2.05, 4.69) is 21.2 Å². The maximum Gasteiger partial charge on any atom is 0.244 e. The van der Waals surface area contributed by atoms with Gasteiger partial charge in [-0.1, -0.05) is 45.4 Å². The van der Waals surface area contributed by atoms with Crippen molar-refractivity contribution in [2.45, 2.75) is 48.1 Å². The number of carbonyl (C=O) groups is 2. The van der Waals surface area contributed by atoms with Crippen LogP contribution < -0.4 is 10.2 Å². The predicted octanol–water partition coefficient (Wildman–Crippen LogP) is 3.72. The fraction of sp³-hybridized carbons (Fsp3) is 0.500. The Kier molecular flexibility index (Phi) is 13.0. The van der Waals surface area contributed by atoms with Crippen LogP contribution in [0.4, 0.5) is 5.82 Å². The summed E-state index contributed by atoms with van der Waals surface area (Å²) in [5.41, 5.74) is 3.49. The van der Waals surface area contributed by atoms with Crippen molar-refractivity contribution in [3.8, 4) is 17.1 Å². The normalized spacial score (nSPS) is 15.1. The molecule has 0 bridgehead atoms. The number of fused-ring (bicyclic) bond motifs is 1. The Hall–Kier alpha value is -3.96. The zero-order valence-corrected chi connectivity index (χ0v) is 26.5. The van der Waals surface area contributed by atoms with Gasteiger partial charge in [0.15, 0.2) is 11.6 Å². The fourth-order valence-corrected chi connectivity index (χ4v) is 4.91. The van der Waals surface area contributed by atoms with Gasteiger partial charge >= 0.3 is 0 Å². The van der Waals surface area contributed by atoms with Gasteiger partial charge < -0.3 is 25.0 Å². The van der Waals surface area contributed by atoms with Gasteiger partial charge in [-0.2, -0.15) is 0 Å². The topological polar surface area (TPSA) is 116 Å².